The van der Waals surface area contributed by atoms with Crippen molar-refractivity contribution in [2.75, 3.05) is 27.2 Å². The molecule has 20 heavy (non-hydrogen) atoms. The molecule has 0 aliphatic heterocycles. The van der Waals surface area contributed by atoms with Crippen LogP contribution in [0.1, 0.15) is 5.69 Å². The summed E-state index contributed by atoms with van der Waals surface area (Å²) >= 11 is 0.382. The number of benzene rings is 1. The fraction of sp³-hybridized carbons (Fsp3) is 0.286. The Morgan fingerprint density at radius 1 is 1.20 bits per heavy atom. The number of likely N-dealkylation sites (N-methyl/N-ethyl adjacent to an activating group) is 1. The van der Waals surface area contributed by atoms with Gasteiger partial charge in [0.05, 0.1) is 17.8 Å². The van der Waals surface area contributed by atoms with E-state index in [1.807, 2.05) is 44.6 Å². The molecule has 0 saturated carbocycles. The molecule has 0 unspecified atom stereocenters. The Labute approximate surface area is 134 Å². The summed E-state index contributed by atoms with van der Waals surface area (Å²) < 4.78 is 0. The molecule has 0 amide bonds. The van der Waals surface area contributed by atoms with Gasteiger partial charge in [-0.25, -0.2) is 4.98 Å². The minimum absolute atomic E-state index is 0.382. The van der Waals surface area contributed by atoms with E-state index in [1.165, 1.54) is 0 Å². The molecule has 0 aliphatic carbocycles. The van der Waals surface area contributed by atoms with E-state index in [2.05, 4.69) is 27.0 Å². The standard InChI is InChI=1S/C14H17N3.2ClH.Co/c1-17(2)10-9-15-11-13-8-7-12-5-3-4-6-14(12)16-13;;;/h3-8,11H,9-10H2,1-2H3;2*1H;/q;;;+3/p-2. The molecule has 0 atom stereocenters. The number of aromatic nitrogens is 1. The van der Waals surface area contributed by atoms with Crippen molar-refractivity contribution in [3.63, 3.8) is 0 Å². The van der Waals surface area contributed by atoms with Crippen molar-refractivity contribution in [3.8, 4) is 0 Å². The van der Waals surface area contributed by atoms with E-state index in [9.17, 15) is 0 Å². The van der Waals surface area contributed by atoms with Crippen molar-refractivity contribution in [1.29, 1.82) is 0 Å². The molecule has 0 N–H and O–H groups in total. The zero-order valence-electron chi connectivity index (χ0n) is 11.4. The third kappa shape index (κ3) is 6.68. The number of rotatable bonds is 4. The molecule has 0 saturated heterocycles. The number of hydrogen-bond acceptors (Lipinski definition) is 3. The summed E-state index contributed by atoms with van der Waals surface area (Å²) in [4.78, 5) is 11.0. The molecule has 3 nitrogen and oxygen atoms in total. The van der Waals surface area contributed by atoms with Crippen LogP contribution in [0.4, 0.5) is 0 Å². The van der Waals surface area contributed by atoms with Gasteiger partial charge >= 0.3 is 33.2 Å². The van der Waals surface area contributed by atoms with Crippen LogP contribution >= 0.6 is 20.3 Å². The molecule has 1 aromatic carbocycles. The fourth-order valence-corrected chi connectivity index (χ4v) is 1.57. The minimum atomic E-state index is 0.382. The van der Waals surface area contributed by atoms with Gasteiger partial charge in [0.15, 0.2) is 0 Å². The monoisotopic (exact) mass is 356 g/mol. The second-order valence-electron chi connectivity index (χ2n) is 4.31. The van der Waals surface area contributed by atoms with Gasteiger partial charge in [0.2, 0.25) is 0 Å². The summed E-state index contributed by atoms with van der Waals surface area (Å²) in [6, 6.07) is 12.2. The Bertz CT molecular complexity index is 547. The van der Waals surface area contributed by atoms with E-state index in [-0.39, 0.29) is 0 Å². The topological polar surface area (TPSA) is 28.5 Å². The van der Waals surface area contributed by atoms with Gasteiger partial charge < -0.3 is 4.90 Å². The number of nitrogens with zero attached hydrogens (tertiary/aromatic N) is 3. The van der Waals surface area contributed by atoms with E-state index in [1.54, 1.807) is 0 Å². The van der Waals surface area contributed by atoms with Crippen molar-refractivity contribution < 1.29 is 12.9 Å². The van der Waals surface area contributed by atoms with Crippen LogP contribution in [-0.2, 0) is 12.9 Å². The number of hydrogen-bond donors (Lipinski definition) is 0. The number of pyridine rings is 1. The van der Waals surface area contributed by atoms with Crippen molar-refractivity contribution in [3.05, 3.63) is 42.1 Å². The van der Waals surface area contributed by atoms with Crippen LogP contribution in [0, 0.1) is 0 Å². The maximum atomic E-state index is 4.73. The first kappa shape index (κ1) is 17.4. The Morgan fingerprint density at radius 3 is 2.60 bits per heavy atom. The summed E-state index contributed by atoms with van der Waals surface area (Å²) in [6.07, 6.45) is 1.84. The third-order valence-electron chi connectivity index (χ3n) is 2.52. The van der Waals surface area contributed by atoms with Gasteiger partial charge in [0.25, 0.3) is 0 Å². The number of aliphatic imine (C=N–C) groups is 1. The number of fused-ring (bicyclic) bond motifs is 1. The third-order valence-corrected chi connectivity index (χ3v) is 2.52. The van der Waals surface area contributed by atoms with E-state index in [4.69, 9.17) is 20.3 Å². The SMILES string of the molecule is CN(C)CCN=Cc1ccc2ccccc2n1.[Cl][Co+][Cl]. The molecule has 0 aliphatic rings. The first-order chi connectivity index (χ1) is 9.67. The zero-order valence-corrected chi connectivity index (χ0v) is 13.9. The average molecular weight is 357 g/mol. The molecular formula is C14H17Cl2CoN3+. The molecular weight excluding hydrogens is 340 g/mol. The van der Waals surface area contributed by atoms with Crippen LogP contribution in [-0.4, -0.2) is 43.3 Å². The van der Waals surface area contributed by atoms with Crippen LogP contribution in [0.3, 0.4) is 0 Å². The van der Waals surface area contributed by atoms with Gasteiger partial charge in [-0.15, -0.1) is 0 Å². The van der Waals surface area contributed by atoms with Crippen LogP contribution in [0.15, 0.2) is 41.4 Å². The summed E-state index contributed by atoms with van der Waals surface area (Å²) in [5, 5.41) is 1.16. The van der Waals surface area contributed by atoms with Crippen molar-refractivity contribution >= 4 is 37.4 Å². The first-order valence-electron chi connectivity index (χ1n) is 6.01. The molecule has 0 radical (unpaired) electrons. The molecule has 2 aromatic rings. The normalized spacial score (nSPS) is 11.1. The Kier molecular flexibility index (Phi) is 8.81. The first-order valence-corrected chi connectivity index (χ1v) is 8.88. The van der Waals surface area contributed by atoms with E-state index in [0.717, 1.165) is 29.7 Å². The average Bonchev–Trinajstić information content (AvgIpc) is 2.44. The fourth-order valence-electron chi connectivity index (χ4n) is 1.57. The summed E-state index contributed by atoms with van der Waals surface area (Å²) in [5.74, 6) is 0. The van der Waals surface area contributed by atoms with Gasteiger partial charge in [0.1, 0.15) is 0 Å². The van der Waals surface area contributed by atoms with Crippen molar-refractivity contribution in [2.45, 2.75) is 0 Å². The summed E-state index contributed by atoms with van der Waals surface area (Å²) in [6.45, 7) is 1.77. The molecule has 2 rings (SSSR count). The van der Waals surface area contributed by atoms with Crippen LogP contribution < -0.4 is 0 Å². The van der Waals surface area contributed by atoms with Crippen LogP contribution in [0.5, 0.6) is 0 Å². The van der Waals surface area contributed by atoms with Crippen LogP contribution in [0.25, 0.3) is 10.9 Å². The van der Waals surface area contributed by atoms with Gasteiger partial charge in [-0.2, -0.15) is 0 Å². The summed E-state index contributed by atoms with van der Waals surface area (Å²) in [7, 11) is 13.6. The van der Waals surface area contributed by atoms with Crippen molar-refractivity contribution in [1.82, 2.24) is 9.88 Å². The van der Waals surface area contributed by atoms with Gasteiger partial charge in [-0.3, -0.25) is 4.99 Å². The van der Waals surface area contributed by atoms with Crippen LogP contribution in [0.2, 0.25) is 0 Å². The molecule has 0 bridgehead atoms. The van der Waals surface area contributed by atoms with Gasteiger partial charge in [0, 0.05) is 18.1 Å². The van der Waals surface area contributed by atoms with E-state index in [0.29, 0.717) is 12.9 Å². The van der Waals surface area contributed by atoms with E-state index < -0.39 is 0 Å². The molecule has 110 valence electrons. The Hall–Kier alpha value is -0.654. The number of para-hydroxylation sites is 1. The molecule has 0 spiro atoms. The molecule has 0 fully saturated rings. The second kappa shape index (κ2) is 10.1. The summed E-state index contributed by atoms with van der Waals surface area (Å²) in [5.41, 5.74) is 1.94. The Morgan fingerprint density at radius 2 is 1.90 bits per heavy atom. The maximum absolute atomic E-state index is 4.73. The molecule has 1 heterocycles. The number of halogens is 2. The molecule has 6 heteroatoms. The van der Waals surface area contributed by atoms with E-state index >= 15 is 0 Å². The second-order valence-corrected chi connectivity index (χ2v) is 6.03. The van der Waals surface area contributed by atoms with Gasteiger partial charge in [-0.1, -0.05) is 24.3 Å². The van der Waals surface area contributed by atoms with Crippen molar-refractivity contribution in [2.24, 2.45) is 4.99 Å². The predicted octanol–water partition coefficient (Wildman–Crippen LogP) is 3.59. The zero-order chi connectivity index (χ0) is 14.8. The Balaban J connectivity index is 0.000000612. The van der Waals surface area contributed by atoms with Gasteiger partial charge in [-0.05, 0) is 26.2 Å². The predicted molar refractivity (Wildman–Crippen MR) is 84.5 cm³/mol. The molecule has 1 aromatic heterocycles. The quantitative estimate of drug-likeness (QED) is 0.783.